The van der Waals surface area contributed by atoms with E-state index >= 15 is 0 Å². The molecule has 6 nitrogen and oxygen atoms in total. The zero-order valence-corrected chi connectivity index (χ0v) is 14.7. The van der Waals surface area contributed by atoms with Gasteiger partial charge in [-0.2, -0.15) is 0 Å². The molecule has 0 saturated carbocycles. The molecule has 0 aliphatic heterocycles. The summed E-state index contributed by atoms with van der Waals surface area (Å²) in [4.78, 5) is 25.5. The largest absolute Gasteiger partial charge is 0.461 e. The van der Waals surface area contributed by atoms with Crippen molar-refractivity contribution in [3.63, 3.8) is 0 Å². The fourth-order valence-corrected chi connectivity index (χ4v) is 2.40. The fourth-order valence-electron chi connectivity index (χ4n) is 2.40. The van der Waals surface area contributed by atoms with Crippen LogP contribution in [0.25, 0.3) is 0 Å². The molecule has 0 unspecified atom stereocenters. The van der Waals surface area contributed by atoms with Gasteiger partial charge in [-0.1, -0.05) is 30.3 Å². The molecule has 1 amide bonds. The molecular formula is C19H29NO5. The monoisotopic (exact) mass is 351 g/mol. The van der Waals surface area contributed by atoms with Crippen molar-refractivity contribution in [2.45, 2.75) is 45.1 Å². The molecule has 1 aromatic rings. The van der Waals surface area contributed by atoms with Crippen LogP contribution in [-0.2, 0) is 20.9 Å². The van der Waals surface area contributed by atoms with E-state index in [-0.39, 0.29) is 31.7 Å². The van der Waals surface area contributed by atoms with E-state index in [1.54, 1.807) is 4.90 Å². The Balaban J connectivity index is 2.19. The zero-order chi connectivity index (χ0) is 18.3. The van der Waals surface area contributed by atoms with Crippen LogP contribution in [0.5, 0.6) is 0 Å². The number of rotatable bonds is 13. The molecule has 0 heterocycles. The molecule has 0 fully saturated rings. The lowest BCUT2D eigenvalue weighted by molar-refractivity contribution is -0.145. The number of ether oxygens (including phenoxy) is 1. The van der Waals surface area contributed by atoms with Gasteiger partial charge in [-0.05, 0) is 31.2 Å². The molecule has 0 aliphatic carbocycles. The van der Waals surface area contributed by atoms with E-state index in [9.17, 15) is 9.59 Å². The SMILES string of the molecule is O=C(CCCCC(=O)N(CCCO)CCCO)OCc1ccccc1. The number of benzene rings is 1. The molecule has 0 atom stereocenters. The third kappa shape index (κ3) is 9.84. The van der Waals surface area contributed by atoms with E-state index in [0.717, 1.165) is 5.56 Å². The number of hydrogen-bond acceptors (Lipinski definition) is 5. The smallest absolute Gasteiger partial charge is 0.306 e. The molecule has 1 aromatic carbocycles. The predicted octanol–water partition coefficient (Wildman–Crippen LogP) is 1.88. The molecule has 25 heavy (non-hydrogen) atoms. The maximum atomic E-state index is 12.2. The highest BCUT2D eigenvalue weighted by Gasteiger charge is 2.13. The van der Waals surface area contributed by atoms with Crippen molar-refractivity contribution < 1.29 is 24.5 Å². The van der Waals surface area contributed by atoms with Gasteiger partial charge < -0.3 is 19.8 Å². The molecule has 0 bridgehead atoms. The first-order valence-corrected chi connectivity index (χ1v) is 8.86. The molecule has 0 radical (unpaired) electrons. The summed E-state index contributed by atoms with van der Waals surface area (Å²) in [5.41, 5.74) is 0.953. The normalized spacial score (nSPS) is 10.5. The van der Waals surface area contributed by atoms with Gasteiger partial charge in [-0.25, -0.2) is 0 Å². The molecule has 0 aromatic heterocycles. The summed E-state index contributed by atoms with van der Waals surface area (Å²) in [6.07, 6.45) is 2.95. The lowest BCUT2D eigenvalue weighted by atomic mass is 10.1. The Morgan fingerprint density at radius 2 is 1.48 bits per heavy atom. The van der Waals surface area contributed by atoms with Gasteiger partial charge in [0.15, 0.2) is 0 Å². The lowest BCUT2D eigenvalue weighted by Crippen LogP contribution is -2.33. The number of amides is 1. The predicted molar refractivity (Wildman–Crippen MR) is 94.7 cm³/mol. The Morgan fingerprint density at radius 3 is 2.08 bits per heavy atom. The molecular weight excluding hydrogens is 322 g/mol. The number of aliphatic hydroxyl groups excluding tert-OH is 2. The van der Waals surface area contributed by atoms with Crippen LogP contribution in [-0.4, -0.2) is 53.3 Å². The first-order valence-electron chi connectivity index (χ1n) is 8.86. The van der Waals surface area contributed by atoms with Gasteiger partial charge in [0.1, 0.15) is 6.61 Å². The number of hydrogen-bond donors (Lipinski definition) is 2. The van der Waals surface area contributed by atoms with E-state index in [4.69, 9.17) is 14.9 Å². The number of carbonyl (C=O) groups excluding carboxylic acids is 2. The second kappa shape index (κ2) is 13.4. The number of aliphatic hydroxyl groups is 2. The lowest BCUT2D eigenvalue weighted by Gasteiger charge is -2.22. The van der Waals surface area contributed by atoms with Crippen LogP contribution in [0.3, 0.4) is 0 Å². The second-order valence-electron chi connectivity index (χ2n) is 5.89. The highest BCUT2D eigenvalue weighted by molar-refractivity contribution is 5.76. The average molecular weight is 351 g/mol. The van der Waals surface area contributed by atoms with Crippen molar-refractivity contribution in [2.24, 2.45) is 0 Å². The summed E-state index contributed by atoms with van der Waals surface area (Å²) >= 11 is 0. The van der Waals surface area contributed by atoms with E-state index < -0.39 is 0 Å². The first kappa shape index (κ1) is 21.1. The maximum Gasteiger partial charge on any atom is 0.306 e. The van der Waals surface area contributed by atoms with Crippen LogP contribution in [0.1, 0.15) is 44.1 Å². The first-order chi connectivity index (χ1) is 12.2. The summed E-state index contributed by atoms with van der Waals surface area (Å²) in [5, 5.41) is 17.8. The van der Waals surface area contributed by atoms with Gasteiger partial charge in [0.25, 0.3) is 0 Å². The second-order valence-corrected chi connectivity index (χ2v) is 5.89. The minimum absolute atomic E-state index is 0.000414. The minimum atomic E-state index is -0.256. The van der Waals surface area contributed by atoms with Crippen molar-refractivity contribution in [2.75, 3.05) is 26.3 Å². The number of nitrogens with zero attached hydrogens (tertiary/aromatic N) is 1. The third-order valence-electron chi connectivity index (χ3n) is 3.79. The molecule has 1 rings (SSSR count). The highest BCUT2D eigenvalue weighted by Crippen LogP contribution is 2.08. The van der Waals surface area contributed by atoms with Crippen molar-refractivity contribution >= 4 is 11.9 Å². The summed E-state index contributed by atoms with van der Waals surface area (Å²) < 4.78 is 5.20. The number of unbranched alkanes of at least 4 members (excludes halogenated alkanes) is 1. The molecule has 0 saturated heterocycles. The number of carbonyl (C=O) groups is 2. The standard InChI is InChI=1S/C19H29NO5/c21-14-6-12-20(13-7-15-22)18(23)10-4-5-11-19(24)25-16-17-8-2-1-3-9-17/h1-3,8-9,21-22H,4-7,10-16H2. The molecule has 140 valence electrons. The molecule has 2 N–H and O–H groups in total. The Labute approximate surface area is 149 Å². The fraction of sp³-hybridized carbons (Fsp3) is 0.579. The van der Waals surface area contributed by atoms with Crippen LogP contribution in [0.15, 0.2) is 30.3 Å². The molecule has 0 spiro atoms. The quantitative estimate of drug-likeness (QED) is 0.419. The summed E-state index contributed by atoms with van der Waals surface area (Å²) in [6, 6.07) is 9.51. The molecule has 0 aliphatic rings. The summed E-state index contributed by atoms with van der Waals surface area (Å²) in [7, 11) is 0. The zero-order valence-electron chi connectivity index (χ0n) is 14.7. The van der Waals surface area contributed by atoms with E-state index in [0.29, 0.717) is 51.6 Å². The van der Waals surface area contributed by atoms with Gasteiger partial charge in [-0.15, -0.1) is 0 Å². The van der Waals surface area contributed by atoms with Gasteiger partial charge in [0, 0.05) is 39.1 Å². The van der Waals surface area contributed by atoms with Crippen molar-refractivity contribution in [3.05, 3.63) is 35.9 Å². The Morgan fingerprint density at radius 1 is 0.880 bits per heavy atom. The maximum absolute atomic E-state index is 12.2. The van der Waals surface area contributed by atoms with Crippen molar-refractivity contribution in [1.29, 1.82) is 0 Å². The van der Waals surface area contributed by atoms with E-state index in [1.807, 2.05) is 30.3 Å². The summed E-state index contributed by atoms with van der Waals surface area (Å²) in [5.74, 6) is -0.256. The van der Waals surface area contributed by atoms with Crippen LogP contribution in [0, 0.1) is 0 Å². The average Bonchev–Trinajstić information content (AvgIpc) is 2.64. The Kier molecular flexibility index (Phi) is 11.3. The minimum Gasteiger partial charge on any atom is -0.461 e. The van der Waals surface area contributed by atoms with E-state index in [2.05, 4.69) is 0 Å². The van der Waals surface area contributed by atoms with Crippen LogP contribution < -0.4 is 0 Å². The van der Waals surface area contributed by atoms with E-state index in [1.165, 1.54) is 0 Å². The van der Waals surface area contributed by atoms with Gasteiger partial charge in [0.2, 0.25) is 5.91 Å². The van der Waals surface area contributed by atoms with Gasteiger partial charge >= 0.3 is 5.97 Å². The Bertz CT molecular complexity index is 484. The van der Waals surface area contributed by atoms with Gasteiger partial charge in [0.05, 0.1) is 0 Å². The number of esters is 1. The van der Waals surface area contributed by atoms with Crippen LogP contribution in [0.4, 0.5) is 0 Å². The van der Waals surface area contributed by atoms with Crippen LogP contribution in [0.2, 0.25) is 0 Å². The Hall–Kier alpha value is -1.92. The third-order valence-corrected chi connectivity index (χ3v) is 3.79. The van der Waals surface area contributed by atoms with Crippen LogP contribution >= 0.6 is 0 Å². The topological polar surface area (TPSA) is 87.1 Å². The van der Waals surface area contributed by atoms with Crippen molar-refractivity contribution in [3.8, 4) is 0 Å². The van der Waals surface area contributed by atoms with Gasteiger partial charge in [-0.3, -0.25) is 9.59 Å². The summed E-state index contributed by atoms with van der Waals surface area (Å²) in [6.45, 7) is 1.34. The van der Waals surface area contributed by atoms with Crippen molar-refractivity contribution in [1.82, 2.24) is 4.90 Å². The highest BCUT2D eigenvalue weighted by atomic mass is 16.5. The molecule has 6 heteroatoms.